The van der Waals surface area contributed by atoms with Crippen molar-refractivity contribution >= 4 is 18.7 Å². The Bertz CT molecular complexity index is 610. The van der Waals surface area contributed by atoms with Crippen LogP contribution in [0.25, 0.3) is 0 Å². The molecule has 154 valence electrons. The maximum absolute atomic E-state index is 8.86. The van der Waals surface area contributed by atoms with E-state index in [4.69, 9.17) is 9.53 Å². The van der Waals surface area contributed by atoms with Gasteiger partial charge in [0.2, 0.25) is 0 Å². The molecule has 28 heavy (non-hydrogen) atoms. The van der Waals surface area contributed by atoms with Crippen LogP contribution >= 0.6 is 0 Å². The first-order valence-electron chi connectivity index (χ1n) is 10.9. The molecule has 0 aliphatic heterocycles. The molecule has 0 atom stereocenters. The Kier molecular flexibility index (Phi) is 9.43. The van der Waals surface area contributed by atoms with Crippen LogP contribution in [0.2, 0.25) is 5.04 Å². The fourth-order valence-electron chi connectivity index (χ4n) is 4.08. The van der Waals surface area contributed by atoms with Crippen molar-refractivity contribution in [3.8, 4) is 0 Å². The fourth-order valence-corrected chi connectivity index (χ4v) is 8.69. The molecule has 2 aromatic carbocycles. The van der Waals surface area contributed by atoms with Crippen LogP contribution in [0.5, 0.6) is 0 Å². The molecule has 3 heteroatoms. The topological polar surface area (TPSA) is 29.5 Å². The molecule has 0 aromatic heterocycles. The van der Waals surface area contributed by atoms with Crippen molar-refractivity contribution in [2.75, 3.05) is 13.2 Å². The summed E-state index contributed by atoms with van der Waals surface area (Å²) in [6, 6.07) is 21.8. The number of unbranched alkanes of at least 4 members (excludes halogenated alkanes) is 6. The smallest absolute Gasteiger partial charge is 0.261 e. The predicted molar refractivity (Wildman–Crippen MR) is 123 cm³/mol. The average molecular weight is 399 g/mol. The molecule has 1 N–H and O–H groups in total. The summed E-state index contributed by atoms with van der Waals surface area (Å²) in [5.41, 5.74) is 0. The van der Waals surface area contributed by atoms with E-state index in [2.05, 4.69) is 81.4 Å². The van der Waals surface area contributed by atoms with Gasteiger partial charge in [0.25, 0.3) is 8.32 Å². The maximum atomic E-state index is 8.86. The molecule has 0 saturated heterocycles. The van der Waals surface area contributed by atoms with Gasteiger partial charge in [-0.1, -0.05) is 114 Å². The van der Waals surface area contributed by atoms with E-state index in [0.29, 0.717) is 6.61 Å². The molecular formula is C25H38O2Si. The summed E-state index contributed by atoms with van der Waals surface area (Å²) >= 11 is 0. The fraction of sp³-hybridized carbons (Fsp3) is 0.520. The number of aliphatic hydroxyl groups excluding tert-OH is 1. The highest BCUT2D eigenvalue weighted by Gasteiger charge is 2.49. The molecular weight excluding hydrogens is 360 g/mol. The summed E-state index contributed by atoms with van der Waals surface area (Å²) in [6.45, 7) is 8.15. The van der Waals surface area contributed by atoms with Crippen LogP contribution in [0.1, 0.15) is 65.7 Å². The first-order chi connectivity index (χ1) is 13.5. The summed E-state index contributed by atoms with van der Waals surface area (Å²) in [5, 5.41) is 11.6. The van der Waals surface area contributed by atoms with E-state index in [0.717, 1.165) is 25.9 Å². The minimum Gasteiger partial charge on any atom is -0.407 e. The molecule has 0 saturated carbocycles. The third-order valence-corrected chi connectivity index (χ3v) is 10.6. The second kappa shape index (κ2) is 11.5. The van der Waals surface area contributed by atoms with Gasteiger partial charge in [-0.15, -0.1) is 0 Å². The lowest BCUT2D eigenvalue weighted by Gasteiger charge is -2.43. The molecule has 0 fully saturated rings. The van der Waals surface area contributed by atoms with Crippen molar-refractivity contribution in [2.45, 2.75) is 70.8 Å². The van der Waals surface area contributed by atoms with Crippen molar-refractivity contribution < 1.29 is 9.53 Å². The Morgan fingerprint density at radius 3 is 1.54 bits per heavy atom. The highest BCUT2D eigenvalue weighted by molar-refractivity contribution is 6.99. The quantitative estimate of drug-likeness (QED) is 0.389. The second-order valence-electron chi connectivity index (χ2n) is 8.71. The van der Waals surface area contributed by atoms with Gasteiger partial charge in [0.15, 0.2) is 0 Å². The van der Waals surface area contributed by atoms with Gasteiger partial charge in [0.1, 0.15) is 0 Å². The SMILES string of the molecule is CC(C)(C)[Si](OCCCCCCCCCO)(c1ccccc1)c1ccccc1. The lowest BCUT2D eigenvalue weighted by Crippen LogP contribution is -2.66. The molecule has 0 bridgehead atoms. The van der Waals surface area contributed by atoms with Gasteiger partial charge in [-0.25, -0.2) is 0 Å². The van der Waals surface area contributed by atoms with Crippen molar-refractivity contribution in [3.63, 3.8) is 0 Å². The lowest BCUT2D eigenvalue weighted by molar-refractivity contribution is 0.279. The zero-order chi connectivity index (χ0) is 20.3. The van der Waals surface area contributed by atoms with Crippen molar-refractivity contribution in [3.05, 3.63) is 60.7 Å². The molecule has 0 aliphatic carbocycles. The van der Waals surface area contributed by atoms with Gasteiger partial charge >= 0.3 is 0 Å². The van der Waals surface area contributed by atoms with Crippen LogP contribution < -0.4 is 10.4 Å². The lowest BCUT2D eigenvalue weighted by atomic mass is 10.1. The molecule has 0 radical (unpaired) electrons. The summed E-state index contributed by atoms with van der Waals surface area (Å²) in [6.07, 6.45) is 8.18. The van der Waals surface area contributed by atoms with E-state index in [1.165, 1.54) is 36.1 Å². The molecule has 2 rings (SSSR count). The van der Waals surface area contributed by atoms with E-state index in [-0.39, 0.29) is 5.04 Å². The molecule has 0 heterocycles. The zero-order valence-electron chi connectivity index (χ0n) is 18.0. The first-order valence-corrected chi connectivity index (χ1v) is 12.8. The van der Waals surface area contributed by atoms with Gasteiger partial charge in [-0.05, 0) is 28.3 Å². The minimum atomic E-state index is -2.36. The Morgan fingerprint density at radius 2 is 1.11 bits per heavy atom. The summed E-state index contributed by atoms with van der Waals surface area (Å²) in [5.74, 6) is 0. The largest absolute Gasteiger partial charge is 0.407 e. The molecule has 2 aromatic rings. The summed E-state index contributed by atoms with van der Waals surface area (Å²) in [4.78, 5) is 0. The van der Waals surface area contributed by atoms with Crippen LogP contribution in [-0.2, 0) is 4.43 Å². The second-order valence-corrected chi connectivity index (χ2v) is 13.0. The van der Waals surface area contributed by atoms with Crippen LogP contribution in [0.4, 0.5) is 0 Å². The highest BCUT2D eigenvalue weighted by atomic mass is 28.4. The number of rotatable bonds is 12. The van der Waals surface area contributed by atoms with Gasteiger partial charge < -0.3 is 9.53 Å². The van der Waals surface area contributed by atoms with Crippen molar-refractivity contribution in [1.29, 1.82) is 0 Å². The zero-order valence-corrected chi connectivity index (χ0v) is 19.0. The average Bonchev–Trinajstić information content (AvgIpc) is 2.70. The van der Waals surface area contributed by atoms with Gasteiger partial charge in [-0.3, -0.25) is 0 Å². The van der Waals surface area contributed by atoms with E-state index in [1.54, 1.807) is 0 Å². The third-order valence-electron chi connectivity index (χ3n) is 5.54. The van der Waals surface area contributed by atoms with E-state index >= 15 is 0 Å². The number of aliphatic hydroxyl groups is 1. The third kappa shape index (κ3) is 6.04. The summed E-state index contributed by atoms with van der Waals surface area (Å²) in [7, 11) is -2.36. The highest BCUT2D eigenvalue weighted by Crippen LogP contribution is 2.36. The van der Waals surface area contributed by atoms with Gasteiger partial charge in [0.05, 0.1) is 0 Å². The van der Waals surface area contributed by atoms with E-state index < -0.39 is 8.32 Å². The van der Waals surface area contributed by atoms with Crippen LogP contribution in [-0.4, -0.2) is 26.6 Å². The normalized spacial score (nSPS) is 12.3. The Hall–Kier alpha value is -1.42. The molecule has 0 unspecified atom stereocenters. The van der Waals surface area contributed by atoms with Crippen molar-refractivity contribution in [2.24, 2.45) is 0 Å². The predicted octanol–water partition coefficient (Wildman–Crippen LogP) is 5.29. The Balaban J connectivity index is 2.08. The molecule has 2 nitrogen and oxygen atoms in total. The number of benzene rings is 2. The van der Waals surface area contributed by atoms with E-state index in [1.807, 2.05) is 0 Å². The Labute approximate surface area is 173 Å². The van der Waals surface area contributed by atoms with Crippen LogP contribution in [0.3, 0.4) is 0 Å². The van der Waals surface area contributed by atoms with E-state index in [9.17, 15) is 0 Å². The number of hydrogen-bond acceptors (Lipinski definition) is 2. The molecule has 0 amide bonds. The first kappa shape index (κ1) is 22.9. The Morgan fingerprint density at radius 1 is 0.679 bits per heavy atom. The number of hydrogen-bond donors (Lipinski definition) is 1. The van der Waals surface area contributed by atoms with Crippen molar-refractivity contribution in [1.82, 2.24) is 0 Å². The van der Waals surface area contributed by atoms with Gasteiger partial charge in [-0.2, -0.15) is 0 Å². The van der Waals surface area contributed by atoms with Gasteiger partial charge in [0, 0.05) is 13.2 Å². The molecule has 0 spiro atoms. The van der Waals surface area contributed by atoms with Crippen LogP contribution in [0, 0.1) is 0 Å². The monoisotopic (exact) mass is 398 g/mol. The minimum absolute atomic E-state index is 0.0556. The molecule has 0 aliphatic rings. The standard InChI is InChI=1S/C25H38O2Si/c1-25(2,3)28(23-17-11-9-12-18-23,24-19-13-10-14-20-24)27-22-16-8-6-4-5-7-15-21-26/h9-14,17-20,26H,4-8,15-16,21-22H2,1-3H3. The summed E-state index contributed by atoms with van der Waals surface area (Å²) < 4.78 is 6.92. The van der Waals surface area contributed by atoms with Crippen LogP contribution in [0.15, 0.2) is 60.7 Å². The maximum Gasteiger partial charge on any atom is 0.261 e.